The molecule has 1 aliphatic carbocycles. The van der Waals surface area contributed by atoms with E-state index in [1.165, 1.54) is 17.7 Å². The van der Waals surface area contributed by atoms with Gasteiger partial charge in [-0.15, -0.1) is 11.3 Å². The smallest absolute Gasteiger partial charge is 0.185 e. The molecule has 20 heavy (non-hydrogen) atoms. The molecule has 1 N–H and O–H groups in total. The predicted molar refractivity (Wildman–Crippen MR) is 82.3 cm³/mol. The SMILES string of the molecule is Cc1ccc(CN(C)c2nc(C)c(CNC3CC3)s2)o1. The molecule has 3 rings (SSSR count). The maximum absolute atomic E-state index is 5.62. The molecule has 4 nitrogen and oxygen atoms in total. The van der Waals surface area contributed by atoms with Crippen molar-refractivity contribution in [2.75, 3.05) is 11.9 Å². The van der Waals surface area contributed by atoms with Crippen molar-refractivity contribution in [2.24, 2.45) is 0 Å². The molecular weight excluding hydrogens is 270 g/mol. The highest BCUT2D eigenvalue weighted by molar-refractivity contribution is 7.15. The summed E-state index contributed by atoms with van der Waals surface area (Å²) < 4.78 is 5.62. The van der Waals surface area contributed by atoms with Crippen LogP contribution in [0.25, 0.3) is 0 Å². The molecule has 0 spiro atoms. The van der Waals surface area contributed by atoms with Gasteiger partial charge in [0.25, 0.3) is 0 Å². The minimum atomic E-state index is 0.740. The average Bonchev–Trinajstić information content (AvgIpc) is 3.04. The molecule has 0 bridgehead atoms. The first kappa shape index (κ1) is 13.6. The van der Waals surface area contributed by atoms with Gasteiger partial charge in [0.2, 0.25) is 0 Å². The fraction of sp³-hybridized carbons (Fsp3) is 0.533. The molecule has 5 heteroatoms. The van der Waals surface area contributed by atoms with Gasteiger partial charge in [-0.05, 0) is 38.8 Å². The lowest BCUT2D eigenvalue weighted by Crippen LogP contribution is -2.15. The first-order valence-corrected chi connectivity index (χ1v) is 7.89. The third-order valence-electron chi connectivity index (χ3n) is 3.53. The van der Waals surface area contributed by atoms with Crippen molar-refractivity contribution in [3.63, 3.8) is 0 Å². The zero-order valence-corrected chi connectivity index (χ0v) is 13.1. The molecule has 0 aliphatic heterocycles. The molecule has 2 aromatic heterocycles. The molecule has 1 aliphatic rings. The monoisotopic (exact) mass is 291 g/mol. The van der Waals surface area contributed by atoms with E-state index in [-0.39, 0.29) is 0 Å². The second-order valence-electron chi connectivity index (χ2n) is 5.53. The van der Waals surface area contributed by atoms with Crippen LogP contribution in [0.1, 0.15) is 34.9 Å². The summed E-state index contributed by atoms with van der Waals surface area (Å²) in [5, 5.41) is 4.61. The maximum atomic E-state index is 5.62. The van der Waals surface area contributed by atoms with Crippen LogP contribution in [0.2, 0.25) is 0 Å². The molecule has 2 heterocycles. The van der Waals surface area contributed by atoms with Crippen LogP contribution in [0.15, 0.2) is 16.5 Å². The van der Waals surface area contributed by atoms with Gasteiger partial charge in [-0.3, -0.25) is 0 Å². The van der Waals surface area contributed by atoms with Crippen LogP contribution in [-0.4, -0.2) is 18.1 Å². The van der Waals surface area contributed by atoms with Crippen molar-refractivity contribution < 1.29 is 4.42 Å². The van der Waals surface area contributed by atoms with Gasteiger partial charge in [0.1, 0.15) is 11.5 Å². The Morgan fingerprint density at radius 3 is 2.85 bits per heavy atom. The van der Waals surface area contributed by atoms with E-state index in [0.29, 0.717) is 0 Å². The van der Waals surface area contributed by atoms with Crippen molar-refractivity contribution >= 4 is 16.5 Å². The second-order valence-corrected chi connectivity index (χ2v) is 6.59. The van der Waals surface area contributed by atoms with E-state index in [1.54, 1.807) is 11.3 Å². The number of hydrogen-bond acceptors (Lipinski definition) is 5. The van der Waals surface area contributed by atoms with Crippen LogP contribution >= 0.6 is 11.3 Å². The summed E-state index contributed by atoms with van der Waals surface area (Å²) in [6.45, 7) is 5.77. The molecule has 0 saturated heterocycles. The van der Waals surface area contributed by atoms with Gasteiger partial charge in [-0.1, -0.05) is 0 Å². The van der Waals surface area contributed by atoms with E-state index in [9.17, 15) is 0 Å². The Balaban J connectivity index is 1.64. The Labute approximate surface area is 123 Å². The molecule has 0 radical (unpaired) electrons. The van der Waals surface area contributed by atoms with Gasteiger partial charge in [0.15, 0.2) is 5.13 Å². The lowest BCUT2D eigenvalue weighted by molar-refractivity contribution is 0.481. The molecule has 0 aromatic carbocycles. The maximum Gasteiger partial charge on any atom is 0.185 e. The van der Waals surface area contributed by atoms with Crippen LogP contribution < -0.4 is 10.2 Å². The quantitative estimate of drug-likeness (QED) is 0.887. The number of aryl methyl sites for hydroxylation is 2. The number of hydrogen-bond donors (Lipinski definition) is 1. The van der Waals surface area contributed by atoms with Crippen LogP contribution in [0.4, 0.5) is 5.13 Å². The lowest BCUT2D eigenvalue weighted by Gasteiger charge is -2.13. The van der Waals surface area contributed by atoms with Crippen LogP contribution in [0, 0.1) is 13.8 Å². The van der Waals surface area contributed by atoms with Crippen molar-refractivity contribution in [2.45, 2.75) is 45.8 Å². The number of furan rings is 1. The van der Waals surface area contributed by atoms with E-state index < -0.39 is 0 Å². The van der Waals surface area contributed by atoms with E-state index in [1.807, 2.05) is 19.1 Å². The number of aromatic nitrogens is 1. The summed E-state index contributed by atoms with van der Waals surface area (Å²) in [4.78, 5) is 8.17. The Bertz CT molecular complexity index is 586. The molecule has 0 amide bonds. The molecule has 2 aromatic rings. The highest BCUT2D eigenvalue weighted by Gasteiger charge is 2.21. The van der Waals surface area contributed by atoms with Gasteiger partial charge < -0.3 is 14.6 Å². The Morgan fingerprint density at radius 2 is 2.20 bits per heavy atom. The Morgan fingerprint density at radius 1 is 1.40 bits per heavy atom. The summed E-state index contributed by atoms with van der Waals surface area (Å²) in [5.41, 5.74) is 1.14. The van der Waals surface area contributed by atoms with E-state index in [4.69, 9.17) is 4.42 Å². The fourth-order valence-electron chi connectivity index (χ4n) is 2.14. The summed E-state index contributed by atoms with van der Waals surface area (Å²) >= 11 is 1.77. The van der Waals surface area contributed by atoms with Crippen molar-refractivity contribution in [1.29, 1.82) is 0 Å². The summed E-state index contributed by atoms with van der Waals surface area (Å²) in [6.07, 6.45) is 2.64. The Hall–Kier alpha value is -1.33. The van der Waals surface area contributed by atoms with Crippen molar-refractivity contribution in [3.8, 4) is 0 Å². The molecule has 0 unspecified atom stereocenters. The number of anilines is 1. The zero-order valence-electron chi connectivity index (χ0n) is 12.3. The number of nitrogens with zero attached hydrogens (tertiary/aromatic N) is 2. The Kier molecular flexibility index (Phi) is 3.81. The topological polar surface area (TPSA) is 41.3 Å². The molecule has 0 atom stereocenters. The number of thiazole rings is 1. The summed E-state index contributed by atoms with van der Waals surface area (Å²) in [7, 11) is 2.06. The number of nitrogens with one attached hydrogen (secondary N) is 1. The van der Waals surface area contributed by atoms with Crippen LogP contribution in [0.5, 0.6) is 0 Å². The molecule has 1 saturated carbocycles. The minimum absolute atomic E-state index is 0.740. The summed E-state index contributed by atoms with van der Waals surface area (Å²) in [6, 6.07) is 4.77. The fourth-order valence-corrected chi connectivity index (χ4v) is 3.11. The lowest BCUT2D eigenvalue weighted by atomic mass is 10.4. The minimum Gasteiger partial charge on any atom is -0.464 e. The molecule has 1 fully saturated rings. The highest BCUT2D eigenvalue weighted by Crippen LogP contribution is 2.28. The van der Waals surface area contributed by atoms with E-state index in [2.05, 4.69) is 29.2 Å². The van der Waals surface area contributed by atoms with Crippen molar-refractivity contribution in [1.82, 2.24) is 10.3 Å². The van der Waals surface area contributed by atoms with Crippen molar-refractivity contribution in [3.05, 3.63) is 34.2 Å². The van der Waals surface area contributed by atoms with Gasteiger partial charge in [-0.2, -0.15) is 0 Å². The number of rotatable bonds is 6. The normalized spacial score (nSPS) is 14.8. The first-order valence-electron chi connectivity index (χ1n) is 7.08. The highest BCUT2D eigenvalue weighted by atomic mass is 32.1. The van der Waals surface area contributed by atoms with Gasteiger partial charge in [-0.25, -0.2) is 4.98 Å². The standard InChI is InChI=1S/C15H21N3OS/c1-10-4-7-13(19-10)9-18(3)15-17-11(2)14(20-15)8-16-12-5-6-12/h4,7,12,16H,5-6,8-9H2,1-3H3. The van der Waals surface area contributed by atoms with Crippen LogP contribution in [0.3, 0.4) is 0 Å². The van der Waals surface area contributed by atoms with Gasteiger partial charge in [0, 0.05) is 24.5 Å². The molecular formula is C15H21N3OS. The largest absolute Gasteiger partial charge is 0.464 e. The first-order chi connectivity index (χ1) is 9.61. The van der Waals surface area contributed by atoms with Gasteiger partial charge >= 0.3 is 0 Å². The predicted octanol–water partition coefficient (Wildman–Crippen LogP) is 3.24. The zero-order chi connectivity index (χ0) is 14.1. The third-order valence-corrected chi connectivity index (χ3v) is 4.80. The molecule has 108 valence electrons. The second kappa shape index (κ2) is 5.58. The third kappa shape index (κ3) is 3.22. The van der Waals surface area contributed by atoms with Crippen LogP contribution in [-0.2, 0) is 13.1 Å². The summed E-state index contributed by atoms with van der Waals surface area (Å²) in [5.74, 6) is 1.94. The van der Waals surface area contributed by atoms with Gasteiger partial charge in [0.05, 0.1) is 12.2 Å². The average molecular weight is 291 g/mol. The van der Waals surface area contributed by atoms with E-state index >= 15 is 0 Å². The van der Waals surface area contributed by atoms with E-state index in [0.717, 1.165) is 41.5 Å².